The van der Waals surface area contributed by atoms with E-state index in [2.05, 4.69) is 24.1 Å². The van der Waals surface area contributed by atoms with Crippen molar-refractivity contribution in [2.24, 2.45) is 11.8 Å². The zero-order valence-corrected chi connectivity index (χ0v) is 18.5. The zero-order valence-electron chi connectivity index (χ0n) is 18.5. The summed E-state index contributed by atoms with van der Waals surface area (Å²) < 4.78 is 5.12. The van der Waals surface area contributed by atoms with Gasteiger partial charge in [-0.1, -0.05) is 13.8 Å². The molecule has 2 aromatic carbocycles. The van der Waals surface area contributed by atoms with Crippen molar-refractivity contribution >= 4 is 34.3 Å². The Morgan fingerprint density at radius 2 is 1.75 bits per heavy atom. The monoisotopic (exact) mass is 433 g/mol. The molecule has 3 aromatic rings. The molecule has 0 bridgehead atoms. The minimum absolute atomic E-state index is 0.177. The van der Waals surface area contributed by atoms with Crippen LogP contribution in [0.4, 0.5) is 11.5 Å². The topological polar surface area (TPSA) is 91.8 Å². The van der Waals surface area contributed by atoms with Crippen LogP contribution in [0.25, 0.3) is 10.9 Å². The van der Waals surface area contributed by atoms with Crippen LogP contribution in [0.1, 0.15) is 41.0 Å². The number of amides is 1. The van der Waals surface area contributed by atoms with Gasteiger partial charge in [-0.25, -0.2) is 9.78 Å². The quantitative estimate of drug-likeness (QED) is 0.607. The molecular formula is C25H27N3O4. The predicted octanol–water partition coefficient (Wildman–Crippen LogP) is 4.68. The van der Waals surface area contributed by atoms with Crippen LogP contribution in [-0.4, -0.2) is 42.2 Å². The van der Waals surface area contributed by atoms with Crippen molar-refractivity contribution < 1.29 is 19.4 Å². The number of methoxy groups -OCH3 is 1. The number of carbonyl (C=O) groups is 2. The summed E-state index contributed by atoms with van der Waals surface area (Å²) in [5.41, 5.74) is 1.76. The number of carbonyl (C=O) groups excluding carboxylic acids is 1. The number of aromatic carboxylic acids is 1. The second kappa shape index (κ2) is 8.86. The first-order valence-corrected chi connectivity index (χ1v) is 10.7. The van der Waals surface area contributed by atoms with Gasteiger partial charge in [0.15, 0.2) is 0 Å². The maximum absolute atomic E-state index is 12.6. The molecule has 1 aliphatic heterocycles. The first-order valence-electron chi connectivity index (χ1n) is 10.7. The summed E-state index contributed by atoms with van der Waals surface area (Å²) in [6.45, 7) is 6.13. The van der Waals surface area contributed by atoms with Gasteiger partial charge < -0.3 is 20.1 Å². The smallest absolute Gasteiger partial charge is 0.336 e. The molecule has 0 aliphatic carbocycles. The number of carboxylic acid groups (broad SMARTS) is 1. The first-order chi connectivity index (χ1) is 15.3. The summed E-state index contributed by atoms with van der Waals surface area (Å²) >= 11 is 0. The fourth-order valence-corrected chi connectivity index (χ4v) is 4.42. The Morgan fingerprint density at radius 3 is 2.38 bits per heavy atom. The number of hydrogen-bond acceptors (Lipinski definition) is 5. The molecule has 1 aromatic heterocycles. The minimum atomic E-state index is -1.02. The number of nitrogens with zero attached hydrogens (tertiary/aromatic N) is 2. The lowest BCUT2D eigenvalue weighted by Crippen LogP contribution is -2.39. The van der Waals surface area contributed by atoms with Crippen molar-refractivity contribution in [3.63, 3.8) is 0 Å². The highest BCUT2D eigenvalue weighted by Gasteiger charge is 2.24. The normalized spacial score (nSPS) is 18.4. The predicted molar refractivity (Wildman–Crippen MR) is 125 cm³/mol. The number of hydrogen-bond donors (Lipinski definition) is 2. The van der Waals surface area contributed by atoms with Gasteiger partial charge in [-0.3, -0.25) is 4.79 Å². The van der Waals surface area contributed by atoms with Gasteiger partial charge in [-0.2, -0.15) is 0 Å². The summed E-state index contributed by atoms with van der Waals surface area (Å²) in [6.07, 6.45) is 1.16. The number of carboxylic acids is 1. The highest BCUT2D eigenvalue weighted by atomic mass is 16.5. The van der Waals surface area contributed by atoms with Gasteiger partial charge in [-0.15, -0.1) is 0 Å². The highest BCUT2D eigenvalue weighted by molar-refractivity contribution is 6.08. The molecule has 2 N–H and O–H groups in total. The summed E-state index contributed by atoms with van der Waals surface area (Å²) in [7, 11) is 1.57. The molecule has 4 rings (SSSR count). The Hall–Kier alpha value is -3.61. The molecule has 32 heavy (non-hydrogen) atoms. The van der Waals surface area contributed by atoms with Crippen LogP contribution in [0.5, 0.6) is 5.75 Å². The van der Waals surface area contributed by atoms with Gasteiger partial charge in [0.05, 0.1) is 18.2 Å². The third-order valence-electron chi connectivity index (χ3n) is 5.83. The van der Waals surface area contributed by atoms with Crippen LogP contribution in [0.3, 0.4) is 0 Å². The van der Waals surface area contributed by atoms with E-state index in [0.29, 0.717) is 45.6 Å². The Labute approximate surface area is 187 Å². The van der Waals surface area contributed by atoms with Crippen molar-refractivity contribution in [3.05, 3.63) is 59.7 Å². The van der Waals surface area contributed by atoms with E-state index in [1.165, 1.54) is 0 Å². The third-order valence-corrected chi connectivity index (χ3v) is 5.83. The molecular weight excluding hydrogens is 406 g/mol. The lowest BCUT2D eigenvalue weighted by molar-refractivity contribution is 0.0698. The van der Waals surface area contributed by atoms with Crippen molar-refractivity contribution in [1.29, 1.82) is 0 Å². The van der Waals surface area contributed by atoms with E-state index in [4.69, 9.17) is 9.72 Å². The van der Waals surface area contributed by atoms with Crippen LogP contribution in [0.2, 0.25) is 0 Å². The second-order valence-electron chi connectivity index (χ2n) is 8.60. The van der Waals surface area contributed by atoms with Crippen LogP contribution < -0.4 is 15.0 Å². The minimum Gasteiger partial charge on any atom is -0.497 e. The van der Waals surface area contributed by atoms with Crippen LogP contribution >= 0.6 is 0 Å². The van der Waals surface area contributed by atoms with Crippen molar-refractivity contribution in [2.45, 2.75) is 20.3 Å². The van der Waals surface area contributed by atoms with E-state index in [1.807, 2.05) is 0 Å². The van der Waals surface area contributed by atoms with E-state index >= 15 is 0 Å². The van der Waals surface area contributed by atoms with Crippen molar-refractivity contribution in [1.82, 2.24) is 4.98 Å². The number of piperidine rings is 1. The van der Waals surface area contributed by atoms with Crippen LogP contribution in [-0.2, 0) is 0 Å². The highest BCUT2D eigenvalue weighted by Crippen LogP contribution is 2.30. The van der Waals surface area contributed by atoms with Gasteiger partial charge in [0.1, 0.15) is 11.6 Å². The molecule has 7 heteroatoms. The van der Waals surface area contributed by atoms with E-state index in [-0.39, 0.29) is 11.5 Å². The third kappa shape index (κ3) is 4.51. The maximum Gasteiger partial charge on any atom is 0.336 e. The Bertz CT molecular complexity index is 1150. The molecule has 1 fully saturated rings. The van der Waals surface area contributed by atoms with E-state index in [1.54, 1.807) is 55.6 Å². The lowest BCUT2D eigenvalue weighted by Gasteiger charge is -2.36. The van der Waals surface area contributed by atoms with Gasteiger partial charge in [0.25, 0.3) is 5.91 Å². The zero-order chi connectivity index (χ0) is 22.8. The summed E-state index contributed by atoms with van der Waals surface area (Å²) in [5.74, 6) is 1.10. The molecule has 0 spiro atoms. The standard InChI is InChI=1S/C25H27N3O4/c1-15-10-16(2)14-28(13-15)23-12-21(25(30)31)20-11-18(6-9-22(20)27-23)26-24(29)17-4-7-19(32-3)8-5-17/h4-9,11-12,15-16H,10,13-14H2,1-3H3,(H,26,29)(H,30,31)/t15-,16-/m1/s1. The molecule has 1 aliphatic rings. The molecule has 1 saturated heterocycles. The molecule has 166 valence electrons. The number of anilines is 2. The van der Waals surface area contributed by atoms with Crippen LogP contribution in [0.15, 0.2) is 48.5 Å². The molecule has 2 atom stereocenters. The number of rotatable bonds is 5. The molecule has 0 saturated carbocycles. The molecule has 1 amide bonds. The molecule has 0 unspecified atom stereocenters. The number of fused-ring (bicyclic) bond motifs is 1. The van der Waals surface area contributed by atoms with Gasteiger partial charge in [0.2, 0.25) is 0 Å². The fourth-order valence-electron chi connectivity index (χ4n) is 4.42. The molecule has 2 heterocycles. The fraction of sp³-hybridized carbons (Fsp3) is 0.320. The number of nitrogens with one attached hydrogen (secondary N) is 1. The molecule has 7 nitrogen and oxygen atoms in total. The molecule has 0 radical (unpaired) electrons. The Balaban J connectivity index is 1.65. The van der Waals surface area contributed by atoms with E-state index in [9.17, 15) is 14.7 Å². The summed E-state index contributed by atoms with van der Waals surface area (Å²) in [6, 6.07) is 13.6. The summed E-state index contributed by atoms with van der Waals surface area (Å²) in [4.78, 5) is 31.6. The van der Waals surface area contributed by atoms with Crippen molar-refractivity contribution in [3.8, 4) is 5.75 Å². The van der Waals surface area contributed by atoms with Crippen LogP contribution in [0, 0.1) is 11.8 Å². The number of benzene rings is 2. The average Bonchev–Trinajstić information content (AvgIpc) is 2.77. The average molecular weight is 434 g/mol. The van der Waals surface area contributed by atoms with Gasteiger partial charge in [-0.05, 0) is 66.8 Å². The Kier molecular flexibility index (Phi) is 5.99. The number of aromatic nitrogens is 1. The first kappa shape index (κ1) is 21.6. The largest absolute Gasteiger partial charge is 0.497 e. The number of ether oxygens (including phenoxy) is 1. The number of pyridine rings is 1. The van der Waals surface area contributed by atoms with Crippen molar-refractivity contribution in [2.75, 3.05) is 30.4 Å². The van der Waals surface area contributed by atoms with E-state index < -0.39 is 5.97 Å². The van der Waals surface area contributed by atoms with Gasteiger partial charge in [0, 0.05) is 29.7 Å². The second-order valence-corrected chi connectivity index (χ2v) is 8.60. The maximum atomic E-state index is 12.6. The van der Waals surface area contributed by atoms with Gasteiger partial charge >= 0.3 is 5.97 Å². The SMILES string of the molecule is COc1ccc(C(=O)Nc2ccc3nc(N4C[C@H](C)C[C@@H](C)C4)cc(C(=O)O)c3c2)cc1. The van der Waals surface area contributed by atoms with E-state index in [0.717, 1.165) is 19.5 Å². The summed E-state index contributed by atoms with van der Waals surface area (Å²) in [5, 5.41) is 13.2. The lowest BCUT2D eigenvalue weighted by atomic mass is 9.92. The Morgan fingerprint density at radius 1 is 1.06 bits per heavy atom.